The predicted molar refractivity (Wildman–Crippen MR) is 102 cm³/mol. The Morgan fingerprint density at radius 3 is 2.61 bits per heavy atom. The van der Waals surface area contributed by atoms with E-state index in [2.05, 4.69) is 10.6 Å². The van der Waals surface area contributed by atoms with E-state index in [0.29, 0.717) is 11.3 Å². The summed E-state index contributed by atoms with van der Waals surface area (Å²) >= 11 is 0. The van der Waals surface area contributed by atoms with Crippen LogP contribution in [0.15, 0.2) is 59.0 Å². The summed E-state index contributed by atoms with van der Waals surface area (Å²) in [4.78, 5) is 36.9. The lowest BCUT2D eigenvalue weighted by Gasteiger charge is -2.14. The van der Waals surface area contributed by atoms with Gasteiger partial charge in [0, 0.05) is 10.9 Å². The standard InChI is InChI=1S/C21H19N3O4/c1-13(18-10-16-4-2-3-5-17(16)28-18)23-20(26)15-8-6-14(7-9-15)12-24-19(25)11-22-21(24)27/h2-10,13H,11-12H2,1H3,(H,22,27)(H,23,26)/t13-/m0/s1. The van der Waals surface area contributed by atoms with Gasteiger partial charge in [0.2, 0.25) is 5.91 Å². The van der Waals surface area contributed by atoms with Crippen molar-refractivity contribution in [3.05, 3.63) is 71.5 Å². The summed E-state index contributed by atoms with van der Waals surface area (Å²) in [6.45, 7) is 2.07. The molecule has 4 amide bonds. The Morgan fingerprint density at radius 1 is 1.18 bits per heavy atom. The van der Waals surface area contributed by atoms with Crippen LogP contribution in [0.3, 0.4) is 0 Å². The summed E-state index contributed by atoms with van der Waals surface area (Å²) in [6.07, 6.45) is 0. The molecule has 0 bridgehead atoms. The highest BCUT2D eigenvalue weighted by atomic mass is 16.3. The second-order valence-corrected chi connectivity index (χ2v) is 6.72. The number of nitrogens with one attached hydrogen (secondary N) is 2. The zero-order valence-electron chi connectivity index (χ0n) is 15.3. The Morgan fingerprint density at radius 2 is 1.93 bits per heavy atom. The number of imide groups is 1. The minimum absolute atomic E-state index is 0.0268. The van der Waals surface area contributed by atoms with Gasteiger partial charge >= 0.3 is 6.03 Å². The molecule has 0 spiro atoms. The third-order valence-electron chi connectivity index (χ3n) is 4.71. The fourth-order valence-electron chi connectivity index (χ4n) is 3.13. The topological polar surface area (TPSA) is 91.7 Å². The second-order valence-electron chi connectivity index (χ2n) is 6.72. The molecule has 2 heterocycles. The van der Waals surface area contributed by atoms with E-state index >= 15 is 0 Å². The van der Waals surface area contributed by atoms with Crippen LogP contribution in [0, 0.1) is 0 Å². The van der Waals surface area contributed by atoms with Gasteiger partial charge in [0.05, 0.1) is 19.1 Å². The van der Waals surface area contributed by atoms with Crippen LogP contribution in [-0.2, 0) is 11.3 Å². The molecule has 0 radical (unpaired) electrons. The van der Waals surface area contributed by atoms with E-state index in [-0.39, 0.29) is 30.9 Å². The monoisotopic (exact) mass is 377 g/mol. The van der Waals surface area contributed by atoms with Crippen LogP contribution in [0.5, 0.6) is 0 Å². The van der Waals surface area contributed by atoms with Crippen LogP contribution in [0.1, 0.15) is 34.6 Å². The maximum absolute atomic E-state index is 12.5. The molecule has 1 aliphatic heterocycles. The minimum atomic E-state index is -0.397. The number of carbonyl (C=O) groups is 3. The molecule has 28 heavy (non-hydrogen) atoms. The Labute approximate surface area is 161 Å². The van der Waals surface area contributed by atoms with Crippen LogP contribution >= 0.6 is 0 Å². The lowest BCUT2D eigenvalue weighted by Crippen LogP contribution is -2.30. The third-order valence-corrected chi connectivity index (χ3v) is 4.71. The molecule has 0 aliphatic carbocycles. The number of hydrogen-bond donors (Lipinski definition) is 2. The first-order valence-corrected chi connectivity index (χ1v) is 8.98. The molecule has 0 unspecified atom stereocenters. The van der Waals surface area contributed by atoms with Crippen molar-refractivity contribution in [2.24, 2.45) is 0 Å². The van der Waals surface area contributed by atoms with Gasteiger partial charge in [-0.05, 0) is 36.8 Å². The van der Waals surface area contributed by atoms with Gasteiger partial charge in [0.15, 0.2) is 0 Å². The molecule has 0 saturated carbocycles. The molecule has 2 N–H and O–H groups in total. The molecular weight excluding hydrogens is 358 g/mol. The first kappa shape index (κ1) is 17.8. The summed E-state index contributed by atoms with van der Waals surface area (Å²) in [5, 5.41) is 6.39. The molecule has 2 aromatic carbocycles. The molecule has 1 aliphatic rings. The van der Waals surface area contributed by atoms with Crippen molar-refractivity contribution in [3.8, 4) is 0 Å². The minimum Gasteiger partial charge on any atom is -0.459 e. The van der Waals surface area contributed by atoms with E-state index in [1.54, 1.807) is 24.3 Å². The molecule has 1 saturated heterocycles. The number of carbonyl (C=O) groups excluding carboxylic acids is 3. The highest BCUT2D eigenvalue weighted by Crippen LogP contribution is 2.23. The highest BCUT2D eigenvalue weighted by molar-refractivity contribution is 6.01. The predicted octanol–water partition coefficient (Wildman–Crippen LogP) is 2.98. The first-order valence-electron chi connectivity index (χ1n) is 8.98. The van der Waals surface area contributed by atoms with Crippen molar-refractivity contribution >= 4 is 28.8 Å². The SMILES string of the molecule is C[C@H](NC(=O)c1ccc(CN2C(=O)CNC2=O)cc1)c1cc2ccccc2o1. The van der Waals surface area contributed by atoms with Gasteiger partial charge in [-0.15, -0.1) is 0 Å². The van der Waals surface area contributed by atoms with Crippen LogP contribution < -0.4 is 10.6 Å². The number of rotatable bonds is 5. The van der Waals surface area contributed by atoms with Gasteiger partial charge in [-0.25, -0.2) is 4.79 Å². The number of para-hydroxylation sites is 1. The molecule has 1 aromatic heterocycles. The largest absolute Gasteiger partial charge is 0.459 e. The lowest BCUT2D eigenvalue weighted by atomic mass is 10.1. The summed E-state index contributed by atoms with van der Waals surface area (Å²) < 4.78 is 5.79. The first-order chi connectivity index (χ1) is 13.5. The van der Waals surface area contributed by atoms with Gasteiger partial charge in [-0.2, -0.15) is 0 Å². The highest BCUT2D eigenvalue weighted by Gasteiger charge is 2.28. The number of furan rings is 1. The van der Waals surface area contributed by atoms with Crippen molar-refractivity contribution in [3.63, 3.8) is 0 Å². The van der Waals surface area contributed by atoms with E-state index < -0.39 is 6.03 Å². The lowest BCUT2D eigenvalue weighted by molar-refractivity contribution is -0.125. The molecule has 3 aromatic rings. The Bertz CT molecular complexity index is 1010. The number of benzene rings is 2. The van der Waals surface area contributed by atoms with Crippen molar-refractivity contribution in [1.29, 1.82) is 0 Å². The molecule has 1 fully saturated rings. The fraction of sp³-hybridized carbons (Fsp3) is 0.190. The normalized spacial score (nSPS) is 15.0. The summed E-state index contributed by atoms with van der Waals surface area (Å²) in [5.41, 5.74) is 2.04. The number of amides is 4. The smallest absolute Gasteiger partial charge is 0.324 e. The average Bonchev–Trinajstić information content (AvgIpc) is 3.27. The Kier molecular flexibility index (Phi) is 4.57. The van der Waals surface area contributed by atoms with Gasteiger partial charge in [0.25, 0.3) is 5.91 Å². The van der Waals surface area contributed by atoms with E-state index in [4.69, 9.17) is 4.42 Å². The molecule has 1 atom stereocenters. The van der Waals surface area contributed by atoms with Gasteiger partial charge in [-0.3, -0.25) is 14.5 Å². The molecule has 7 nitrogen and oxygen atoms in total. The quantitative estimate of drug-likeness (QED) is 0.669. The molecule has 142 valence electrons. The van der Waals surface area contributed by atoms with E-state index in [0.717, 1.165) is 21.4 Å². The summed E-state index contributed by atoms with van der Waals surface area (Å²) in [5.74, 6) is 0.200. The number of fused-ring (bicyclic) bond motifs is 1. The molecular formula is C21H19N3O4. The number of nitrogens with zero attached hydrogens (tertiary/aromatic N) is 1. The van der Waals surface area contributed by atoms with Crippen molar-refractivity contribution in [1.82, 2.24) is 15.5 Å². The van der Waals surface area contributed by atoms with E-state index in [1.807, 2.05) is 37.3 Å². The van der Waals surface area contributed by atoms with Crippen LogP contribution in [-0.4, -0.2) is 29.3 Å². The second kappa shape index (κ2) is 7.19. The van der Waals surface area contributed by atoms with Crippen molar-refractivity contribution in [2.45, 2.75) is 19.5 Å². The number of hydrogen-bond acceptors (Lipinski definition) is 4. The van der Waals surface area contributed by atoms with Gasteiger partial charge in [-0.1, -0.05) is 30.3 Å². The average molecular weight is 377 g/mol. The van der Waals surface area contributed by atoms with Crippen LogP contribution in [0.4, 0.5) is 4.79 Å². The fourth-order valence-corrected chi connectivity index (χ4v) is 3.13. The van der Waals surface area contributed by atoms with Crippen LogP contribution in [0.25, 0.3) is 11.0 Å². The molecule has 7 heteroatoms. The van der Waals surface area contributed by atoms with Gasteiger partial charge in [0.1, 0.15) is 11.3 Å². The maximum Gasteiger partial charge on any atom is 0.324 e. The zero-order chi connectivity index (χ0) is 19.7. The van der Waals surface area contributed by atoms with Crippen molar-refractivity contribution < 1.29 is 18.8 Å². The molecule has 4 rings (SSSR count). The van der Waals surface area contributed by atoms with Gasteiger partial charge < -0.3 is 15.1 Å². The Hall–Kier alpha value is -3.61. The number of urea groups is 1. The summed E-state index contributed by atoms with van der Waals surface area (Å²) in [7, 11) is 0. The summed E-state index contributed by atoms with van der Waals surface area (Å²) in [6, 6.07) is 15.7. The van der Waals surface area contributed by atoms with Crippen molar-refractivity contribution in [2.75, 3.05) is 6.54 Å². The maximum atomic E-state index is 12.5. The van der Waals surface area contributed by atoms with E-state index in [1.165, 1.54) is 0 Å². The Balaban J connectivity index is 1.41. The van der Waals surface area contributed by atoms with Crippen LogP contribution in [0.2, 0.25) is 0 Å². The van der Waals surface area contributed by atoms with E-state index in [9.17, 15) is 14.4 Å². The zero-order valence-corrected chi connectivity index (χ0v) is 15.3. The third kappa shape index (κ3) is 3.46.